The van der Waals surface area contributed by atoms with E-state index in [9.17, 15) is 10.1 Å². The topological polar surface area (TPSA) is 127 Å². The van der Waals surface area contributed by atoms with Crippen LogP contribution in [0, 0.1) is 22.2 Å². The summed E-state index contributed by atoms with van der Waals surface area (Å²) < 4.78 is 11.3. The van der Waals surface area contributed by atoms with Crippen molar-refractivity contribution in [2.75, 3.05) is 6.54 Å². The molecule has 0 aliphatic heterocycles. The summed E-state index contributed by atoms with van der Waals surface area (Å²) in [6.45, 7) is 0.596. The molecule has 2 aromatic rings. The minimum atomic E-state index is -0.492. The lowest BCUT2D eigenvalue weighted by Crippen LogP contribution is -2.49. The third-order valence-electron chi connectivity index (χ3n) is 10.7. The van der Waals surface area contributed by atoms with Gasteiger partial charge in [-0.05, 0) is 101 Å². The summed E-state index contributed by atoms with van der Waals surface area (Å²) in [7, 11) is 0. The highest BCUT2D eigenvalue weighted by Gasteiger charge is 2.53. The van der Waals surface area contributed by atoms with Crippen molar-refractivity contribution < 1.29 is 14.1 Å². The molecule has 7 saturated carbocycles. The van der Waals surface area contributed by atoms with Crippen LogP contribution in [-0.2, 0) is 10.8 Å². The number of aromatic nitrogens is 4. The van der Waals surface area contributed by atoms with Crippen LogP contribution >= 0.6 is 0 Å². The number of rotatable bonds is 6. The fraction of sp³-hybridized carbons (Fsp3) is 0.714. The number of hydrogen-bond donors (Lipinski definition) is 1. The average Bonchev–Trinajstić information content (AvgIpc) is 3.69. The standard InChI is InChI=1S/C28H34N6O3/c29-17-25-4-10-27(11-5-25,12-6-25)20-3-16-30-23(32-20)36-24(35)31-18-26-7-13-28(14-8-26,15-9-26)22-33-21(34-37-22)19-1-2-19/h3,16,19H,1-2,4-15,18H2,(H,31,35). The van der Waals surface area contributed by atoms with Crippen LogP contribution < -0.4 is 10.1 Å². The quantitative estimate of drug-likeness (QED) is 0.569. The first-order chi connectivity index (χ1) is 18.0. The van der Waals surface area contributed by atoms with E-state index < -0.39 is 6.09 Å². The lowest BCUT2D eigenvalue weighted by Gasteiger charge is -2.51. The van der Waals surface area contributed by atoms with Crippen LogP contribution in [0.1, 0.15) is 113 Å². The van der Waals surface area contributed by atoms with Gasteiger partial charge in [-0.1, -0.05) is 5.16 Å². The fourth-order valence-corrected chi connectivity index (χ4v) is 7.61. The van der Waals surface area contributed by atoms with Gasteiger partial charge in [0.15, 0.2) is 5.82 Å². The Morgan fingerprint density at radius 2 is 1.68 bits per heavy atom. The summed E-state index contributed by atoms with van der Waals surface area (Å²) in [4.78, 5) is 26.4. The van der Waals surface area contributed by atoms with Gasteiger partial charge in [0.25, 0.3) is 0 Å². The molecular weight excluding hydrogens is 468 g/mol. The van der Waals surface area contributed by atoms with Crippen LogP contribution in [0.15, 0.2) is 16.8 Å². The largest absolute Gasteiger partial charge is 0.415 e. The van der Waals surface area contributed by atoms with E-state index in [4.69, 9.17) is 14.2 Å². The molecule has 9 nitrogen and oxygen atoms in total. The molecule has 2 aromatic heterocycles. The van der Waals surface area contributed by atoms with Gasteiger partial charge in [-0.25, -0.2) is 9.78 Å². The van der Waals surface area contributed by atoms with Crippen molar-refractivity contribution in [2.24, 2.45) is 10.8 Å². The third-order valence-corrected chi connectivity index (χ3v) is 10.7. The molecule has 0 atom stereocenters. The van der Waals surface area contributed by atoms with Crippen molar-refractivity contribution in [3.63, 3.8) is 0 Å². The number of nitrogens with one attached hydrogen (secondary N) is 1. The molecule has 4 bridgehead atoms. The smallest absolute Gasteiger partial charge is 0.374 e. The molecule has 0 unspecified atom stereocenters. The minimum absolute atomic E-state index is 0.0151. The normalized spacial score (nSPS) is 36.2. The molecular formula is C28H34N6O3. The van der Waals surface area contributed by atoms with Crippen LogP contribution in [0.5, 0.6) is 6.01 Å². The number of carbonyl (C=O) groups excluding carboxylic acids is 1. The zero-order chi connectivity index (χ0) is 25.1. The van der Waals surface area contributed by atoms with E-state index in [-0.39, 0.29) is 27.7 Å². The molecule has 2 heterocycles. The molecule has 0 saturated heterocycles. The Morgan fingerprint density at radius 3 is 2.32 bits per heavy atom. The summed E-state index contributed by atoms with van der Waals surface area (Å²) in [6, 6.07) is 4.62. The Hall–Kier alpha value is -3.02. The van der Waals surface area contributed by atoms with Crippen LogP contribution in [0.25, 0.3) is 0 Å². The molecule has 7 aliphatic carbocycles. The maximum Gasteiger partial charge on any atom is 0.415 e. The second-order valence-electron chi connectivity index (χ2n) is 12.7. The predicted molar refractivity (Wildman–Crippen MR) is 132 cm³/mol. The van der Waals surface area contributed by atoms with E-state index in [2.05, 4.69) is 26.5 Å². The molecule has 1 N–H and O–H groups in total. The lowest BCUT2D eigenvalue weighted by atomic mass is 9.53. The van der Waals surface area contributed by atoms with Crippen molar-refractivity contribution in [1.29, 1.82) is 5.26 Å². The van der Waals surface area contributed by atoms with Gasteiger partial charge in [-0.15, -0.1) is 0 Å². The Labute approximate surface area is 216 Å². The zero-order valence-corrected chi connectivity index (χ0v) is 21.3. The highest BCUT2D eigenvalue weighted by Crippen LogP contribution is 2.58. The van der Waals surface area contributed by atoms with E-state index in [1.54, 1.807) is 6.20 Å². The molecule has 194 valence electrons. The summed E-state index contributed by atoms with van der Waals surface area (Å²) in [5.74, 6) is 2.23. The van der Waals surface area contributed by atoms with Crippen molar-refractivity contribution in [2.45, 2.75) is 107 Å². The predicted octanol–water partition coefficient (Wildman–Crippen LogP) is 5.23. The first-order valence-corrected chi connectivity index (χ1v) is 14.0. The maximum atomic E-state index is 12.7. The molecule has 0 spiro atoms. The molecule has 0 aromatic carbocycles. The first-order valence-electron chi connectivity index (χ1n) is 14.0. The van der Waals surface area contributed by atoms with Crippen LogP contribution in [-0.4, -0.2) is 32.7 Å². The van der Waals surface area contributed by atoms with E-state index in [0.717, 1.165) is 94.5 Å². The third kappa shape index (κ3) is 3.91. The first kappa shape index (κ1) is 23.1. The van der Waals surface area contributed by atoms with Gasteiger partial charge in [0.1, 0.15) is 0 Å². The van der Waals surface area contributed by atoms with Gasteiger partial charge >= 0.3 is 12.1 Å². The van der Waals surface area contributed by atoms with Crippen LogP contribution in [0.3, 0.4) is 0 Å². The van der Waals surface area contributed by atoms with Crippen LogP contribution in [0.2, 0.25) is 0 Å². The Morgan fingerprint density at radius 1 is 1.00 bits per heavy atom. The van der Waals surface area contributed by atoms with E-state index in [1.165, 1.54) is 12.8 Å². The number of nitrogens with zero attached hydrogens (tertiary/aromatic N) is 5. The number of hydrogen-bond acceptors (Lipinski definition) is 8. The number of nitriles is 1. The van der Waals surface area contributed by atoms with E-state index in [0.29, 0.717) is 12.5 Å². The molecule has 1 amide bonds. The van der Waals surface area contributed by atoms with Gasteiger partial charge < -0.3 is 14.6 Å². The monoisotopic (exact) mass is 502 g/mol. The second kappa shape index (κ2) is 8.24. The number of fused-ring (bicyclic) bond motifs is 6. The summed E-state index contributed by atoms with van der Waals surface area (Å²) >= 11 is 0. The second-order valence-corrected chi connectivity index (χ2v) is 12.7. The van der Waals surface area contributed by atoms with Crippen molar-refractivity contribution >= 4 is 6.09 Å². The van der Waals surface area contributed by atoms with E-state index in [1.807, 2.05) is 6.07 Å². The number of carbonyl (C=O) groups is 1. The van der Waals surface area contributed by atoms with Gasteiger partial charge in [0.05, 0.1) is 17.2 Å². The Bertz CT molecular complexity index is 1210. The fourth-order valence-electron chi connectivity index (χ4n) is 7.61. The summed E-state index contributed by atoms with van der Waals surface area (Å²) in [5.41, 5.74) is 0.886. The number of amides is 1. The van der Waals surface area contributed by atoms with E-state index >= 15 is 0 Å². The van der Waals surface area contributed by atoms with Crippen molar-refractivity contribution in [1.82, 2.24) is 25.4 Å². The Kier molecular flexibility index (Phi) is 5.15. The highest BCUT2D eigenvalue weighted by atomic mass is 16.6. The SMILES string of the molecule is N#CC12CCC(c3ccnc(OC(=O)NCC45CCC(c6nc(C7CC7)no6)(CC4)CC5)n3)(CC1)CC2. The highest BCUT2D eigenvalue weighted by molar-refractivity contribution is 5.69. The van der Waals surface area contributed by atoms with Crippen molar-refractivity contribution in [3.05, 3.63) is 29.7 Å². The maximum absolute atomic E-state index is 12.7. The summed E-state index contributed by atoms with van der Waals surface area (Å²) in [5, 5.41) is 16.8. The zero-order valence-electron chi connectivity index (χ0n) is 21.3. The molecule has 9 heteroatoms. The number of ether oxygens (including phenoxy) is 1. The molecule has 0 radical (unpaired) electrons. The van der Waals surface area contributed by atoms with Gasteiger partial charge in [-0.2, -0.15) is 15.2 Å². The molecule has 37 heavy (non-hydrogen) atoms. The average molecular weight is 503 g/mol. The molecule has 9 rings (SSSR count). The van der Waals surface area contributed by atoms with Crippen LogP contribution in [0.4, 0.5) is 4.79 Å². The van der Waals surface area contributed by atoms with Gasteiger partial charge in [0.2, 0.25) is 5.89 Å². The molecule has 7 aliphatic rings. The summed E-state index contributed by atoms with van der Waals surface area (Å²) in [6.07, 6.45) is 15.4. The Balaban J connectivity index is 0.952. The lowest BCUT2D eigenvalue weighted by molar-refractivity contribution is 0.0238. The van der Waals surface area contributed by atoms with Crippen molar-refractivity contribution in [3.8, 4) is 12.1 Å². The molecule has 7 fully saturated rings. The van der Waals surface area contributed by atoms with Gasteiger partial charge in [0, 0.05) is 29.5 Å². The van der Waals surface area contributed by atoms with Gasteiger partial charge in [-0.3, -0.25) is 0 Å². The minimum Gasteiger partial charge on any atom is -0.374 e.